The lowest BCUT2D eigenvalue weighted by atomic mass is 10.0. The summed E-state index contributed by atoms with van der Waals surface area (Å²) >= 11 is 0. The smallest absolute Gasteiger partial charge is 0.305 e. The number of aliphatic hydroxyl groups excluding tert-OH is 2. The number of allylic oxidation sites excluding steroid dienone is 5. The lowest BCUT2D eigenvalue weighted by Crippen LogP contribution is -2.45. The van der Waals surface area contributed by atoms with Crippen LogP contribution in [0.2, 0.25) is 0 Å². The van der Waals surface area contributed by atoms with E-state index in [1.54, 1.807) is 6.08 Å². The lowest BCUT2D eigenvalue weighted by Gasteiger charge is -2.20. The molecule has 6 nitrogen and oxygen atoms in total. The molecule has 0 aliphatic carbocycles. The van der Waals surface area contributed by atoms with E-state index in [0.717, 1.165) is 44.9 Å². The van der Waals surface area contributed by atoms with E-state index >= 15 is 0 Å². The number of hydrogen-bond donors (Lipinski definition) is 3. The average molecular weight is 1080 g/mol. The zero-order chi connectivity index (χ0) is 55.7. The fraction of sp³-hybridized carbons (Fsp3) is 0.887. The molecule has 0 fully saturated rings. The fourth-order valence-corrected chi connectivity index (χ4v) is 10.8. The Balaban J connectivity index is 3.33. The molecule has 0 saturated carbocycles. The topological polar surface area (TPSA) is 95.9 Å². The number of rotatable bonds is 65. The highest BCUT2D eigenvalue weighted by atomic mass is 16.5. The standard InChI is InChI=1S/C71H135NO5/c1-3-5-7-9-11-13-15-44-47-51-55-59-63-69(74)68(67-73)72-70(75)64-60-56-52-48-45-41-39-37-35-33-31-29-27-25-23-21-19-17-16-18-20-22-24-26-28-30-32-34-36-38-40-42-46-50-54-58-62-66-77-71(76)65-61-57-53-49-43-14-12-10-8-6-4-2/h10,12,16,18,59,63,68-69,73-74H,3-9,11,13-15,17,19-58,60-62,64-67H2,1-2H3,(H,72,75)/b12-10-,18-16-,63-59+. The largest absolute Gasteiger partial charge is 0.466 e. The highest BCUT2D eigenvalue weighted by Gasteiger charge is 2.18. The molecule has 0 rings (SSSR count). The molecule has 0 bridgehead atoms. The number of amides is 1. The molecule has 0 heterocycles. The monoisotopic (exact) mass is 1080 g/mol. The van der Waals surface area contributed by atoms with E-state index in [1.165, 1.54) is 308 Å². The van der Waals surface area contributed by atoms with Crippen LogP contribution < -0.4 is 5.32 Å². The van der Waals surface area contributed by atoms with Crippen LogP contribution in [0, 0.1) is 0 Å². The van der Waals surface area contributed by atoms with Crippen LogP contribution in [0.4, 0.5) is 0 Å². The van der Waals surface area contributed by atoms with E-state index in [-0.39, 0.29) is 18.5 Å². The van der Waals surface area contributed by atoms with Crippen molar-refractivity contribution in [3.05, 3.63) is 36.5 Å². The van der Waals surface area contributed by atoms with Crippen LogP contribution >= 0.6 is 0 Å². The molecule has 0 radical (unpaired) electrons. The van der Waals surface area contributed by atoms with Crippen molar-refractivity contribution in [1.29, 1.82) is 0 Å². The van der Waals surface area contributed by atoms with E-state index < -0.39 is 12.1 Å². The van der Waals surface area contributed by atoms with Crippen molar-refractivity contribution in [3.8, 4) is 0 Å². The summed E-state index contributed by atoms with van der Waals surface area (Å²) in [5, 5.41) is 23.1. The first-order valence-corrected chi connectivity index (χ1v) is 34.8. The third kappa shape index (κ3) is 63.1. The van der Waals surface area contributed by atoms with E-state index in [4.69, 9.17) is 4.74 Å². The summed E-state index contributed by atoms with van der Waals surface area (Å²) < 4.78 is 5.47. The Labute approximate surface area is 481 Å². The van der Waals surface area contributed by atoms with E-state index in [2.05, 4.69) is 43.5 Å². The molecule has 0 aliphatic heterocycles. The molecule has 2 unspecified atom stereocenters. The molecule has 6 heteroatoms. The van der Waals surface area contributed by atoms with Gasteiger partial charge < -0.3 is 20.3 Å². The Bertz CT molecular complexity index is 1250. The van der Waals surface area contributed by atoms with Gasteiger partial charge in [0.2, 0.25) is 5.91 Å². The Kier molecular flexibility index (Phi) is 64.9. The van der Waals surface area contributed by atoms with Crippen LogP contribution in [0.15, 0.2) is 36.5 Å². The normalized spacial score (nSPS) is 12.7. The second-order valence-corrected chi connectivity index (χ2v) is 23.9. The first kappa shape index (κ1) is 75.1. The van der Waals surface area contributed by atoms with Gasteiger partial charge in [-0.3, -0.25) is 9.59 Å². The third-order valence-corrected chi connectivity index (χ3v) is 16.1. The molecular formula is C71H135NO5. The van der Waals surface area contributed by atoms with Crippen molar-refractivity contribution in [2.75, 3.05) is 13.2 Å². The number of nitrogens with one attached hydrogen (secondary N) is 1. The van der Waals surface area contributed by atoms with Gasteiger partial charge in [-0.15, -0.1) is 0 Å². The van der Waals surface area contributed by atoms with Crippen molar-refractivity contribution in [2.45, 2.75) is 392 Å². The van der Waals surface area contributed by atoms with Gasteiger partial charge in [0.15, 0.2) is 0 Å². The van der Waals surface area contributed by atoms with Crippen LogP contribution in [-0.2, 0) is 14.3 Å². The van der Waals surface area contributed by atoms with Gasteiger partial charge in [0.25, 0.3) is 0 Å². The van der Waals surface area contributed by atoms with Gasteiger partial charge in [-0.05, 0) is 77.0 Å². The molecule has 0 aromatic rings. The number of aliphatic hydroxyl groups is 2. The molecule has 0 aromatic carbocycles. The van der Waals surface area contributed by atoms with Crippen molar-refractivity contribution >= 4 is 11.9 Å². The minimum atomic E-state index is -0.840. The average Bonchev–Trinajstić information content (AvgIpc) is 3.43. The van der Waals surface area contributed by atoms with Crippen LogP contribution in [0.3, 0.4) is 0 Å². The number of unbranched alkanes of at least 4 members (excludes halogenated alkanes) is 50. The second kappa shape index (κ2) is 66.6. The van der Waals surface area contributed by atoms with Gasteiger partial charge in [-0.1, -0.05) is 326 Å². The molecule has 1 amide bonds. The van der Waals surface area contributed by atoms with E-state index in [1.807, 2.05) is 6.08 Å². The van der Waals surface area contributed by atoms with Crippen molar-refractivity contribution in [2.24, 2.45) is 0 Å². The number of carbonyl (C=O) groups is 2. The molecule has 77 heavy (non-hydrogen) atoms. The van der Waals surface area contributed by atoms with Crippen LogP contribution in [0.1, 0.15) is 380 Å². The molecule has 0 aromatic heterocycles. The maximum absolute atomic E-state index is 12.5. The maximum atomic E-state index is 12.5. The van der Waals surface area contributed by atoms with Gasteiger partial charge in [0, 0.05) is 12.8 Å². The minimum absolute atomic E-state index is 0.0102. The quantitative estimate of drug-likeness (QED) is 0.0320. The maximum Gasteiger partial charge on any atom is 0.305 e. The van der Waals surface area contributed by atoms with Gasteiger partial charge in [0.05, 0.1) is 25.4 Å². The minimum Gasteiger partial charge on any atom is -0.466 e. The van der Waals surface area contributed by atoms with Crippen molar-refractivity contribution in [1.82, 2.24) is 5.32 Å². The summed E-state index contributed by atoms with van der Waals surface area (Å²) in [5.41, 5.74) is 0. The summed E-state index contributed by atoms with van der Waals surface area (Å²) in [6.45, 7) is 4.88. The summed E-state index contributed by atoms with van der Waals surface area (Å²) in [7, 11) is 0. The Morgan fingerprint density at radius 3 is 0.961 bits per heavy atom. The molecule has 0 saturated heterocycles. The molecule has 3 N–H and O–H groups in total. The number of ether oxygens (including phenoxy) is 1. The van der Waals surface area contributed by atoms with Crippen LogP contribution in [0.5, 0.6) is 0 Å². The Morgan fingerprint density at radius 1 is 0.351 bits per heavy atom. The van der Waals surface area contributed by atoms with Gasteiger partial charge >= 0.3 is 5.97 Å². The zero-order valence-corrected chi connectivity index (χ0v) is 52.0. The van der Waals surface area contributed by atoms with Crippen LogP contribution in [-0.4, -0.2) is 47.4 Å². The van der Waals surface area contributed by atoms with Gasteiger partial charge in [0.1, 0.15) is 0 Å². The SMILES string of the molecule is CCCC/C=C\CCCCCCCC(=O)OCCCCCCCCCCCCCCCCCC/C=C\CCCCCCCCCCCCCCCCCCCC(=O)NC(CO)C(O)/C=C/CCCCCCCCCCCC. The highest BCUT2D eigenvalue weighted by molar-refractivity contribution is 5.76. The molecular weight excluding hydrogens is 947 g/mol. The first-order valence-electron chi connectivity index (χ1n) is 34.8. The van der Waals surface area contributed by atoms with Crippen molar-refractivity contribution in [3.63, 3.8) is 0 Å². The molecule has 2 atom stereocenters. The first-order chi connectivity index (χ1) is 38.0. The second-order valence-electron chi connectivity index (χ2n) is 23.9. The zero-order valence-electron chi connectivity index (χ0n) is 52.0. The molecule has 454 valence electrons. The van der Waals surface area contributed by atoms with E-state index in [9.17, 15) is 19.8 Å². The van der Waals surface area contributed by atoms with Gasteiger partial charge in [-0.25, -0.2) is 0 Å². The predicted molar refractivity (Wildman–Crippen MR) is 338 cm³/mol. The van der Waals surface area contributed by atoms with Crippen LogP contribution in [0.25, 0.3) is 0 Å². The number of hydrogen-bond acceptors (Lipinski definition) is 5. The van der Waals surface area contributed by atoms with E-state index in [0.29, 0.717) is 19.4 Å². The summed E-state index contributed by atoms with van der Waals surface area (Å²) in [6, 6.07) is -0.623. The number of carbonyl (C=O) groups excluding carboxylic acids is 2. The Morgan fingerprint density at radius 2 is 0.623 bits per heavy atom. The summed E-state index contributed by atoms with van der Waals surface area (Å²) in [6.07, 6.45) is 85.3. The van der Waals surface area contributed by atoms with Crippen molar-refractivity contribution < 1.29 is 24.5 Å². The Hall–Kier alpha value is -1.92. The number of esters is 1. The fourth-order valence-electron chi connectivity index (χ4n) is 10.8. The predicted octanol–water partition coefficient (Wildman–Crippen LogP) is 22.3. The lowest BCUT2D eigenvalue weighted by molar-refractivity contribution is -0.143. The van der Waals surface area contributed by atoms with Gasteiger partial charge in [-0.2, -0.15) is 0 Å². The summed E-state index contributed by atoms with van der Waals surface area (Å²) in [4.78, 5) is 24.4. The summed E-state index contributed by atoms with van der Waals surface area (Å²) in [5.74, 6) is -0.0532. The molecule has 0 aliphatic rings. The third-order valence-electron chi connectivity index (χ3n) is 16.1. The molecule has 0 spiro atoms. The highest BCUT2D eigenvalue weighted by Crippen LogP contribution is 2.18.